The Morgan fingerprint density at radius 1 is 1.25 bits per heavy atom. The zero-order valence-electron chi connectivity index (χ0n) is 13.3. The van der Waals surface area contributed by atoms with Crippen LogP contribution in [0.2, 0.25) is 0 Å². The molecular formula is C19H17N3O2. The number of carbonyl (C=O) groups excluding carboxylic acids is 2. The maximum Gasteiger partial charge on any atom is 0.251 e. The Balaban J connectivity index is 1.70. The summed E-state index contributed by atoms with van der Waals surface area (Å²) in [5, 5.41) is 11.7. The van der Waals surface area contributed by atoms with E-state index in [1.54, 1.807) is 23.1 Å². The highest BCUT2D eigenvalue weighted by Gasteiger charge is 2.33. The van der Waals surface area contributed by atoms with Crippen LogP contribution in [0.25, 0.3) is 0 Å². The number of carbonyl (C=O) groups is 2. The SMILES string of the molecule is Cc1ccc(N2CC[C@H](NC(=O)c3cccc(C#N)c3)C2=O)cc1. The molecule has 1 heterocycles. The second-order valence-electron chi connectivity index (χ2n) is 5.83. The first-order chi connectivity index (χ1) is 11.6. The summed E-state index contributed by atoms with van der Waals surface area (Å²) in [7, 11) is 0. The van der Waals surface area contributed by atoms with E-state index in [2.05, 4.69) is 5.32 Å². The minimum atomic E-state index is -0.537. The van der Waals surface area contributed by atoms with E-state index in [1.165, 1.54) is 6.07 Å². The van der Waals surface area contributed by atoms with E-state index in [0.717, 1.165) is 11.3 Å². The fourth-order valence-electron chi connectivity index (χ4n) is 2.77. The molecule has 24 heavy (non-hydrogen) atoms. The van der Waals surface area contributed by atoms with Gasteiger partial charge >= 0.3 is 0 Å². The molecular weight excluding hydrogens is 302 g/mol. The first-order valence-corrected chi connectivity index (χ1v) is 7.77. The van der Waals surface area contributed by atoms with Crippen LogP contribution in [0.3, 0.4) is 0 Å². The van der Waals surface area contributed by atoms with Gasteiger partial charge in [0.15, 0.2) is 0 Å². The van der Waals surface area contributed by atoms with Crippen molar-refractivity contribution in [3.05, 3.63) is 65.2 Å². The van der Waals surface area contributed by atoms with Gasteiger partial charge in [0.1, 0.15) is 6.04 Å². The quantitative estimate of drug-likeness (QED) is 0.944. The molecule has 5 heteroatoms. The Bertz CT molecular complexity index is 821. The zero-order valence-corrected chi connectivity index (χ0v) is 13.3. The van der Waals surface area contributed by atoms with Gasteiger partial charge in [-0.1, -0.05) is 23.8 Å². The highest BCUT2D eigenvalue weighted by Crippen LogP contribution is 2.22. The number of benzene rings is 2. The van der Waals surface area contributed by atoms with Crippen molar-refractivity contribution in [2.75, 3.05) is 11.4 Å². The van der Waals surface area contributed by atoms with Gasteiger partial charge < -0.3 is 10.2 Å². The van der Waals surface area contributed by atoms with Crippen LogP contribution in [0, 0.1) is 18.3 Å². The third-order valence-electron chi connectivity index (χ3n) is 4.11. The number of amides is 2. The number of aryl methyl sites for hydroxylation is 1. The first kappa shape index (κ1) is 15.8. The zero-order chi connectivity index (χ0) is 17.1. The van der Waals surface area contributed by atoms with Gasteiger partial charge in [-0.3, -0.25) is 9.59 Å². The predicted octanol–water partition coefficient (Wildman–Crippen LogP) is 2.40. The minimum Gasteiger partial charge on any atom is -0.340 e. The van der Waals surface area contributed by atoms with Crippen molar-refractivity contribution in [1.29, 1.82) is 5.26 Å². The molecule has 0 spiro atoms. The molecule has 0 bridgehead atoms. The van der Waals surface area contributed by atoms with Gasteiger partial charge in [0, 0.05) is 17.8 Å². The average molecular weight is 319 g/mol. The molecule has 0 aliphatic carbocycles. The van der Waals surface area contributed by atoms with Gasteiger partial charge in [0.2, 0.25) is 5.91 Å². The van der Waals surface area contributed by atoms with Crippen LogP contribution in [0.1, 0.15) is 27.9 Å². The number of hydrogen-bond acceptors (Lipinski definition) is 3. The molecule has 1 atom stereocenters. The van der Waals surface area contributed by atoms with Crippen molar-refractivity contribution < 1.29 is 9.59 Å². The molecule has 1 aliphatic heterocycles. The van der Waals surface area contributed by atoms with Crippen LogP contribution in [-0.2, 0) is 4.79 Å². The first-order valence-electron chi connectivity index (χ1n) is 7.77. The Morgan fingerprint density at radius 2 is 2.00 bits per heavy atom. The van der Waals surface area contributed by atoms with E-state index >= 15 is 0 Å². The van der Waals surface area contributed by atoms with Crippen LogP contribution in [-0.4, -0.2) is 24.4 Å². The van der Waals surface area contributed by atoms with Crippen LogP contribution in [0.15, 0.2) is 48.5 Å². The number of nitriles is 1. The normalized spacial score (nSPS) is 16.8. The summed E-state index contributed by atoms with van der Waals surface area (Å²) < 4.78 is 0. The van der Waals surface area contributed by atoms with E-state index in [-0.39, 0.29) is 11.8 Å². The van der Waals surface area contributed by atoms with E-state index in [0.29, 0.717) is 24.1 Å². The summed E-state index contributed by atoms with van der Waals surface area (Å²) in [5.41, 5.74) is 2.78. The van der Waals surface area contributed by atoms with E-state index in [4.69, 9.17) is 5.26 Å². The molecule has 0 unspecified atom stereocenters. The summed E-state index contributed by atoms with van der Waals surface area (Å²) in [6.45, 7) is 2.57. The van der Waals surface area contributed by atoms with Gasteiger partial charge in [-0.2, -0.15) is 5.26 Å². The minimum absolute atomic E-state index is 0.108. The van der Waals surface area contributed by atoms with Crippen molar-refractivity contribution in [3.8, 4) is 6.07 Å². The third-order valence-corrected chi connectivity index (χ3v) is 4.11. The molecule has 2 aromatic rings. The number of rotatable bonds is 3. The fraction of sp³-hybridized carbons (Fsp3) is 0.211. The lowest BCUT2D eigenvalue weighted by Crippen LogP contribution is -2.41. The molecule has 0 saturated carbocycles. The Hall–Kier alpha value is -3.13. The summed E-state index contributed by atoms with van der Waals surface area (Å²) in [5.74, 6) is -0.445. The lowest BCUT2D eigenvalue weighted by Gasteiger charge is -2.17. The average Bonchev–Trinajstić information content (AvgIpc) is 2.96. The highest BCUT2D eigenvalue weighted by molar-refractivity contribution is 6.04. The summed E-state index contributed by atoms with van der Waals surface area (Å²) in [6, 6.07) is 15.7. The molecule has 0 aromatic heterocycles. The molecule has 1 fully saturated rings. The Morgan fingerprint density at radius 3 is 2.71 bits per heavy atom. The summed E-state index contributed by atoms with van der Waals surface area (Å²) in [6.07, 6.45) is 0.566. The van der Waals surface area contributed by atoms with Crippen molar-refractivity contribution in [2.24, 2.45) is 0 Å². The molecule has 0 radical (unpaired) electrons. The van der Waals surface area contributed by atoms with Crippen molar-refractivity contribution in [3.63, 3.8) is 0 Å². The fourth-order valence-corrected chi connectivity index (χ4v) is 2.77. The van der Waals surface area contributed by atoms with Crippen molar-refractivity contribution in [2.45, 2.75) is 19.4 Å². The summed E-state index contributed by atoms with van der Waals surface area (Å²) >= 11 is 0. The van der Waals surface area contributed by atoms with Crippen LogP contribution in [0.5, 0.6) is 0 Å². The Kier molecular flexibility index (Phi) is 4.30. The standard InChI is InChI=1S/C19H17N3O2/c1-13-5-7-16(8-6-13)22-10-9-17(19(22)24)21-18(23)15-4-2-3-14(11-15)12-20/h2-8,11,17H,9-10H2,1H3,(H,21,23)/t17-/m0/s1. The number of anilines is 1. The smallest absolute Gasteiger partial charge is 0.251 e. The highest BCUT2D eigenvalue weighted by atomic mass is 16.2. The van der Waals surface area contributed by atoms with Crippen LogP contribution in [0.4, 0.5) is 5.69 Å². The Labute approximate surface area is 140 Å². The van der Waals surface area contributed by atoms with E-state index in [1.807, 2.05) is 37.3 Å². The van der Waals surface area contributed by atoms with Gasteiger partial charge in [-0.05, 0) is 43.7 Å². The second-order valence-corrected chi connectivity index (χ2v) is 5.83. The maximum atomic E-state index is 12.5. The molecule has 5 nitrogen and oxygen atoms in total. The van der Waals surface area contributed by atoms with Gasteiger partial charge in [-0.15, -0.1) is 0 Å². The molecule has 2 amide bonds. The molecule has 120 valence electrons. The third kappa shape index (κ3) is 3.13. The monoisotopic (exact) mass is 319 g/mol. The van der Waals surface area contributed by atoms with Gasteiger partial charge in [0.05, 0.1) is 11.6 Å². The number of nitrogens with zero attached hydrogens (tertiary/aromatic N) is 2. The van der Waals surface area contributed by atoms with Gasteiger partial charge in [-0.25, -0.2) is 0 Å². The summed E-state index contributed by atoms with van der Waals surface area (Å²) in [4.78, 5) is 26.5. The molecule has 2 aromatic carbocycles. The largest absolute Gasteiger partial charge is 0.340 e. The predicted molar refractivity (Wildman–Crippen MR) is 90.6 cm³/mol. The van der Waals surface area contributed by atoms with E-state index in [9.17, 15) is 9.59 Å². The van der Waals surface area contributed by atoms with Crippen molar-refractivity contribution >= 4 is 17.5 Å². The van der Waals surface area contributed by atoms with Gasteiger partial charge in [0.25, 0.3) is 5.91 Å². The van der Waals surface area contributed by atoms with E-state index < -0.39 is 6.04 Å². The lowest BCUT2D eigenvalue weighted by molar-refractivity contribution is -0.118. The van der Waals surface area contributed by atoms with Crippen LogP contribution >= 0.6 is 0 Å². The second kappa shape index (κ2) is 6.55. The van der Waals surface area contributed by atoms with Crippen molar-refractivity contribution in [1.82, 2.24) is 5.32 Å². The molecule has 1 aliphatic rings. The number of hydrogen-bond donors (Lipinski definition) is 1. The maximum absolute atomic E-state index is 12.5. The lowest BCUT2D eigenvalue weighted by atomic mass is 10.1. The molecule has 1 saturated heterocycles. The number of nitrogens with one attached hydrogen (secondary N) is 1. The topological polar surface area (TPSA) is 73.2 Å². The molecule has 3 rings (SSSR count). The molecule has 1 N–H and O–H groups in total. The van der Waals surface area contributed by atoms with Crippen LogP contribution < -0.4 is 10.2 Å².